The fraction of sp³-hybridized carbons (Fsp3) is 0.0769. The van der Waals surface area contributed by atoms with Gasteiger partial charge in [-0.05, 0) is 18.4 Å². The van der Waals surface area contributed by atoms with Crippen molar-refractivity contribution in [3.8, 4) is 23.4 Å². The first-order valence-electron chi connectivity index (χ1n) is 5.49. The predicted molar refractivity (Wildman–Crippen MR) is 75.9 cm³/mol. The zero-order valence-corrected chi connectivity index (χ0v) is 11.3. The molecule has 0 spiro atoms. The largest absolute Gasteiger partial charge is 0.398 e. The standard InChI is InChI=1S/C13H9N5OS/c1-20-13-17-11(9(6-15)12(19)18-13)7-2-3-10(16)8(4-7)5-14/h2-4H,16H2,1H3,(H,17,18,19). The Morgan fingerprint density at radius 3 is 2.70 bits per heavy atom. The molecule has 0 unspecified atom stereocenters. The number of thioether (sulfide) groups is 1. The molecular formula is C13H9N5OS. The van der Waals surface area contributed by atoms with E-state index in [1.54, 1.807) is 18.4 Å². The molecule has 2 rings (SSSR count). The molecule has 0 aliphatic carbocycles. The number of rotatable bonds is 2. The van der Waals surface area contributed by atoms with Gasteiger partial charge >= 0.3 is 0 Å². The van der Waals surface area contributed by atoms with E-state index >= 15 is 0 Å². The van der Waals surface area contributed by atoms with Gasteiger partial charge in [0.25, 0.3) is 5.56 Å². The fourth-order valence-electron chi connectivity index (χ4n) is 1.66. The molecule has 2 aromatic rings. The van der Waals surface area contributed by atoms with Crippen molar-refractivity contribution < 1.29 is 0 Å². The van der Waals surface area contributed by atoms with Crippen LogP contribution in [0.5, 0.6) is 0 Å². The Morgan fingerprint density at radius 2 is 2.10 bits per heavy atom. The van der Waals surface area contributed by atoms with Gasteiger partial charge in [-0.15, -0.1) is 0 Å². The number of aromatic amines is 1. The van der Waals surface area contributed by atoms with E-state index in [0.29, 0.717) is 16.4 Å². The second kappa shape index (κ2) is 5.47. The number of anilines is 1. The van der Waals surface area contributed by atoms with Crippen molar-refractivity contribution in [2.45, 2.75) is 5.16 Å². The summed E-state index contributed by atoms with van der Waals surface area (Å²) in [7, 11) is 0. The van der Waals surface area contributed by atoms with Gasteiger partial charge in [-0.1, -0.05) is 17.8 Å². The second-order valence-electron chi connectivity index (χ2n) is 3.82. The smallest absolute Gasteiger partial charge is 0.270 e. The Morgan fingerprint density at radius 1 is 1.35 bits per heavy atom. The summed E-state index contributed by atoms with van der Waals surface area (Å²) in [5.41, 5.74) is 6.44. The summed E-state index contributed by atoms with van der Waals surface area (Å²) in [5.74, 6) is 0. The van der Waals surface area contributed by atoms with Crippen LogP contribution in [0.25, 0.3) is 11.3 Å². The van der Waals surface area contributed by atoms with Crippen molar-refractivity contribution in [3.63, 3.8) is 0 Å². The summed E-state index contributed by atoms with van der Waals surface area (Å²) in [6, 6.07) is 8.49. The molecule has 3 N–H and O–H groups in total. The normalized spacial score (nSPS) is 9.75. The van der Waals surface area contributed by atoms with Crippen molar-refractivity contribution in [1.29, 1.82) is 10.5 Å². The first-order chi connectivity index (χ1) is 9.60. The summed E-state index contributed by atoms with van der Waals surface area (Å²) in [4.78, 5) is 18.6. The molecule has 0 radical (unpaired) electrons. The van der Waals surface area contributed by atoms with Gasteiger partial charge in [-0.3, -0.25) is 4.79 Å². The number of nitriles is 2. The number of benzene rings is 1. The number of aromatic nitrogens is 2. The molecular weight excluding hydrogens is 274 g/mol. The van der Waals surface area contributed by atoms with Gasteiger partial charge in [0.15, 0.2) is 5.16 Å². The van der Waals surface area contributed by atoms with Crippen LogP contribution >= 0.6 is 11.8 Å². The van der Waals surface area contributed by atoms with Gasteiger partial charge in [-0.25, -0.2) is 4.98 Å². The highest BCUT2D eigenvalue weighted by Gasteiger charge is 2.14. The molecule has 0 saturated heterocycles. The third-order valence-electron chi connectivity index (χ3n) is 2.65. The number of H-pyrrole nitrogens is 1. The van der Waals surface area contributed by atoms with E-state index in [9.17, 15) is 4.79 Å². The lowest BCUT2D eigenvalue weighted by Gasteiger charge is -2.06. The average molecular weight is 283 g/mol. The quantitative estimate of drug-likeness (QED) is 0.489. The summed E-state index contributed by atoms with van der Waals surface area (Å²) in [6.07, 6.45) is 1.76. The maximum absolute atomic E-state index is 11.8. The van der Waals surface area contributed by atoms with Gasteiger partial charge in [0, 0.05) is 11.3 Å². The van der Waals surface area contributed by atoms with Crippen molar-refractivity contribution in [1.82, 2.24) is 9.97 Å². The molecule has 7 heteroatoms. The highest BCUT2D eigenvalue weighted by molar-refractivity contribution is 7.98. The van der Waals surface area contributed by atoms with Crippen LogP contribution in [0.15, 0.2) is 28.2 Å². The summed E-state index contributed by atoms with van der Waals surface area (Å²) < 4.78 is 0. The summed E-state index contributed by atoms with van der Waals surface area (Å²) in [5, 5.41) is 18.5. The van der Waals surface area contributed by atoms with Gasteiger partial charge in [0.1, 0.15) is 17.7 Å². The summed E-state index contributed by atoms with van der Waals surface area (Å²) >= 11 is 1.26. The molecule has 0 saturated carbocycles. The van der Waals surface area contributed by atoms with E-state index < -0.39 is 5.56 Å². The second-order valence-corrected chi connectivity index (χ2v) is 4.62. The molecule has 0 bridgehead atoms. The minimum absolute atomic E-state index is 0.0866. The molecule has 6 nitrogen and oxygen atoms in total. The van der Waals surface area contributed by atoms with Crippen LogP contribution in [0.3, 0.4) is 0 Å². The molecule has 1 heterocycles. The predicted octanol–water partition coefficient (Wildman–Crippen LogP) is 1.48. The van der Waals surface area contributed by atoms with Crippen LogP contribution < -0.4 is 11.3 Å². The third kappa shape index (κ3) is 2.35. The molecule has 0 atom stereocenters. The number of nitrogens with two attached hydrogens (primary N) is 1. The highest BCUT2D eigenvalue weighted by Crippen LogP contribution is 2.24. The van der Waals surface area contributed by atoms with E-state index in [4.69, 9.17) is 16.3 Å². The Balaban J connectivity index is 2.76. The minimum atomic E-state index is -0.503. The van der Waals surface area contributed by atoms with Crippen LogP contribution in [-0.4, -0.2) is 16.2 Å². The Bertz CT molecular complexity index is 813. The zero-order chi connectivity index (χ0) is 14.7. The maximum atomic E-state index is 11.8. The van der Waals surface area contributed by atoms with Crippen molar-refractivity contribution in [2.24, 2.45) is 0 Å². The topological polar surface area (TPSA) is 119 Å². The molecule has 98 valence electrons. The summed E-state index contributed by atoms with van der Waals surface area (Å²) in [6.45, 7) is 0. The van der Waals surface area contributed by atoms with Crippen LogP contribution in [0.4, 0.5) is 5.69 Å². The van der Waals surface area contributed by atoms with Gasteiger partial charge < -0.3 is 10.7 Å². The van der Waals surface area contributed by atoms with Crippen LogP contribution in [0, 0.1) is 22.7 Å². The number of nitrogens with zero attached hydrogens (tertiary/aromatic N) is 3. The molecule has 1 aromatic carbocycles. The van der Waals surface area contributed by atoms with Crippen molar-refractivity contribution in [2.75, 3.05) is 12.0 Å². The van der Waals surface area contributed by atoms with E-state index in [0.717, 1.165) is 0 Å². The van der Waals surface area contributed by atoms with Crippen LogP contribution in [-0.2, 0) is 0 Å². The van der Waals surface area contributed by atoms with E-state index in [1.807, 2.05) is 12.1 Å². The molecule has 1 aromatic heterocycles. The first kappa shape index (κ1) is 13.7. The molecule has 20 heavy (non-hydrogen) atoms. The first-order valence-corrected chi connectivity index (χ1v) is 6.71. The zero-order valence-electron chi connectivity index (χ0n) is 10.5. The van der Waals surface area contributed by atoms with Gasteiger partial charge in [0.2, 0.25) is 0 Å². The number of nitrogens with one attached hydrogen (secondary N) is 1. The van der Waals surface area contributed by atoms with Crippen LogP contribution in [0.1, 0.15) is 11.1 Å². The lowest BCUT2D eigenvalue weighted by molar-refractivity contribution is 0.937. The third-order valence-corrected chi connectivity index (χ3v) is 3.23. The number of hydrogen-bond donors (Lipinski definition) is 2. The van der Waals surface area contributed by atoms with Crippen LogP contribution in [0.2, 0.25) is 0 Å². The SMILES string of the molecule is CSc1nc(-c2ccc(N)c(C#N)c2)c(C#N)c(=O)[nH]1. The Labute approximate surface area is 118 Å². The minimum Gasteiger partial charge on any atom is -0.398 e. The van der Waals surface area contributed by atoms with Crippen molar-refractivity contribution >= 4 is 17.4 Å². The van der Waals surface area contributed by atoms with Gasteiger partial charge in [-0.2, -0.15) is 10.5 Å². The van der Waals surface area contributed by atoms with E-state index in [2.05, 4.69) is 9.97 Å². The van der Waals surface area contributed by atoms with E-state index in [-0.39, 0.29) is 16.8 Å². The average Bonchev–Trinajstić information content (AvgIpc) is 2.46. The monoisotopic (exact) mass is 283 g/mol. The van der Waals surface area contributed by atoms with Crippen molar-refractivity contribution in [3.05, 3.63) is 39.7 Å². The fourth-order valence-corrected chi connectivity index (χ4v) is 2.04. The molecule has 0 amide bonds. The maximum Gasteiger partial charge on any atom is 0.270 e. The van der Waals surface area contributed by atoms with Gasteiger partial charge in [0.05, 0.1) is 11.3 Å². The number of nitrogen functional groups attached to an aromatic ring is 1. The molecule has 0 aliphatic heterocycles. The van der Waals surface area contributed by atoms with E-state index in [1.165, 1.54) is 17.8 Å². The number of hydrogen-bond acceptors (Lipinski definition) is 6. The Kier molecular flexibility index (Phi) is 3.74. The Hall–Kier alpha value is -2.77. The molecule has 0 aliphatic rings. The highest BCUT2D eigenvalue weighted by atomic mass is 32.2. The molecule has 0 fully saturated rings. The lowest BCUT2D eigenvalue weighted by Crippen LogP contribution is -2.14. The lowest BCUT2D eigenvalue weighted by atomic mass is 10.0.